The van der Waals surface area contributed by atoms with Gasteiger partial charge in [-0.1, -0.05) is 11.8 Å². The molecule has 0 radical (unpaired) electrons. The normalized spacial score (nSPS) is 9.94. The predicted octanol–water partition coefficient (Wildman–Crippen LogP) is 0.726. The lowest BCUT2D eigenvalue weighted by Crippen LogP contribution is -2.12. The molecule has 0 aliphatic rings. The third-order valence-corrected chi connectivity index (χ3v) is 2.49. The fourth-order valence-electron chi connectivity index (χ4n) is 1.01. The van der Waals surface area contributed by atoms with Gasteiger partial charge in [-0.2, -0.15) is 0 Å². The van der Waals surface area contributed by atoms with E-state index >= 15 is 0 Å². The number of nitrogen functional groups attached to an aromatic ring is 1. The second kappa shape index (κ2) is 6.29. The van der Waals surface area contributed by atoms with E-state index < -0.39 is 0 Å². The van der Waals surface area contributed by atoms with Crippen molar-refractivity contribution in [2.45, 2.75) is 18.9 Å². The molecule has 0 aromatic carbocycles. The Morgan fingerprint density at radius 1 is 1.62 bits per heavy atom. The summed E-state index contributed by atoms with van der Waals surface area (Å²) in [6.07, 6.45) is 0. The van der Waals surface area contributed by atoms with E-state index in [2.05, 4.69) is 15.4 Å². The molecule has 7 heteroatoms. The minimum Gasteiger partial charge on any atom is -0.465 e. The molecule has 6 nitrogen and oxygen atoms in total. The Balaban J connectivity index is 2.59. The molecule has 0 aliphatic heterocycles. The molecule has 88 valence electrons. The Hall–Kier alpha value is -1.34. The molecule has 16 heavy (non-hydrogen) atoms. The Labute approximate surface area is 98.0 Å². The summed E-state index contributed by atoms with van der Waals surface area (Å²) in [4.78, 5) is 19.3. The first-order valence-electron chi connectivity index (χ1n) is 4.76. The summed E-state index contributed by atoms with van der Waals surface area (Å²) in [5.41, 5.74) is 3.16. The van der Waals surface area contributed by atoms with Crippen molar-refractivity contribution >= 4 is 23.7 Å². The van der Waals surface area contributed by atoms with E-state index in [1.807, 2.05) is 6.92 Å². The number of carbonyl (C=O) groups is 1. The number of ether oxygens (including phenoxy) is 1. The topological polar surface area (TPSA) is 90.1 Å². The number of thioether (sulfide) groups is 1. The molecular formula is C9H14N4O2S. The van der Waals surface area contributed by atoms with E-state index in [1.165, 1.54) is 11.8 Å². The van der Waals surface area contributed by atoms with Gasteiger partial charge < -0.3 is 4.74 Å². The molecule has 0 atom stereocenters. The minimum atomic E-state index is -0.258. The van der Waals surface area contributed by atoms with Crippen molar-refractivity contribution in [3.63, 3.8) is 0 Å². The van der Waals surface area contributed by atoms with Crippen molar-refractivity contribution in [2.75, 3.05) is 17.8 Å². The molecule has 1 aromatic rings. The SMILES string of the molecule is CCOC(=O)CSc1cc(C)nc(NN)n1. The number of hydrogen-bond donors (Lipinski definition) is 2. The minimum absolute atomic E-state index is 0.230. The van der Waals surface area contributed by atoms with E-state index in [0.29, 0.717) is 17.6 Å². The summed E-state index contributed by atoms with van der Waals surface area (Å²) in [7, 11) is 0. The van der Waals surface area contributed by atoms with Gasteiger partial charge in [0.05, 0.1) is 12.4 Å². The van der Waals surface area contributed by atoms with Gasteiger partial charge in [0.25, 0.3) is 0 Å². The second-order valence-electron chi connectivity index (χ2n) is 2.91. The van der Waals surface area contributed by atoms with Gasteiger partial charge in [-0.25, -0.2) is 15.8 Å². The average Bonchev–Trinajstić information content (AvgIpc) is 2.26. The van der Waals surface area contributed by atoms with Gasteiger partial charge in [0.15, 0.2) is 0 Å². The number of anilines is 1. The maximum absolute atomic E-state index is 11.1. The van der Waals surface area contributed by atoms with E-state index in [-0.39, 0.29) is 11.7 Å². The van der Waals surface area contributed by atoms with E-state index in [0.717, 1.165) is 5.69 Å². The van der Waals surface area contributed by atoms with Crippen LogP contribution in [0, 0.1) is 6.92 Å². The summed E-state index contributed by atoms with van der Waals surface area (Å²) in [6, 6.07) is 1.78. The van der Waals surface area contributed by atoms with Gasteiger partial charge in [-0.05, 0) is 19.9 Å². The standard InChI is InChI=1S/C9H14N4O2S/c1-3-15-8(14)5-16-7-4-6(2)11-9(12-7)13-10/h4H,3,5,10H2,1-2H3,(H,11,12,13). The Morgan fingerprint density at radius 3 is 3.00 bits per heavy atom. The molecular weight excluding hydrogens is 228 g/mol. The van der Waals surface area contributed by atoms with Gasteiger partial charge in [-0.15, -0.1) is 0 Å². The highest BCUT2D eigenvalue weighted by Crippen LogP contribution is 2.17. The van der Waals surface area contributed by atoms with Crippen LogP contribution in [0.1, 0.15) is 12.6 Å². The molecule has 1 rings (SSSR count). The summed E-state index contributed by atoms with van der Waals surface area (Å²) in [5, 5.41) is 0.688. The zero-order chi connectivity index (χ0) is 12.0. The molecule has 1 heterocycles. The Kier molecular flexibility index (Phi) is 5.00. The average molecular weight is 242 g/mol. The maximum Gasteiger partial charge on any atom is 0.316 e. The number of nitrogens with one attached hydrogen (secondary N) is 1. The van der Waals surface area contributed by atoms with Crippen molar-refractivity contribution in [1.82, 2.24) is 9.97 Å². The third-order valence-electron chi connectivity index (χ3n) is 1.60. The molecule has 0 saturated heterocycles. The number of hydrogen-bond acceptors (Lipinski definition) is 7. The lowest BCUT2D eigenvalue weighted by Gasteiger charge is -2.04. The lowest BCUT2D eigenvalue weighted by molar-refractivity contribution is -0.139. The van der Waals surface area contributed by atoms with Crippen LogP contribution in [0.25, 0.3) is 0 Å². The van der Waals surface area contributed by atoms with Gasteiger partial charge in [-0.3, -0.25) is 10.2 Å². The molecule has 1 aromatic heterocycles. The van der Waals surface area contributed by atoms with Crippen LogP contribution in [0.5, 0.6) is 0 Å². The zero-order valence-corrected chi connectivity index (χ0v) is 10.0. The predicted molar refractivity (Wildman–Crippen MR) is 61.9 cm³/mol. The summed E-state index contributed by atoms with van der Waals surface area (Å²) in [6.45, 7) is 3.99. The number of esters is 1. The first kappa shape index (κ1) is 12.7. The number of nitrogens with two attached hydrogens (primary N) is 1. The van der Waals surface area contributed by atoms with Gasteiger partial charge >= 0.3 is 5.97 Å². The van der Waals surface area contributed by atoms with E-state index in [1.54, 1.807) is 13.0 Å². The van der Waals surface area contributed by atoms with Crippen LogP contribution in [0.15, 0.2) is 11.1 Å². The van der Waals surface area contributed by atoms with Crippen molar-refractivity contribution in [2.24, 2.45) is 5.84 Å². The molecule has 0 fully saturated rings. The molecule has 0 bridgehead atoms. The quantitative estimate of drug-likeness (QED) is 0.258. The van der Waals surface area contributed by atoms with Crippen molar-refractivity contribution < 1.29 is 9.53 Å². The summed E-state index contributed by atoms with van der Waals surface area (Å²) in [5.74, 6) is 5.53. The number of rotatable bonds is 5. The van der Waals surface area contributed by atoms with Gasteiger partial charge in [0.2, 0.25) is 5.95 Å². The molecule has 0 aliphatic carbocycles. The second-order valence-corrected chi connectivity index (χ2v) is 3.90. The van der Waals surface area contributed by atoms with Crippen LogP contribution in [0.2, 0.25) is 0 Å². The summed E-state index contributed by atoms with van der Waals surface area (Å²) >= 11 is 1.29. The first-order chi connectivity index (χ1) is 7.65. The number of hydrazine groups is 1. The molecule has 0 unspecified atom stereocenters. The van der Waals surface area contributed by atoms with E-state index in [4.69, 9.17) is 10.6 Å². The third kappa shape index (κ3) is 4.03. The van der Waals surface area contributed by atoms with Crippen LogP contribution < -0.4 is 11.3 Å². The number of aromatic nitrogens is 2. The highest BCUT2D eigenvalue weighted by atomic mass is 32.2. The largest absolute Gasteiger partial charge is 0.465 e. The highest BCUT2D eigenvalue weighted by Gasteiger charge is 2.06. The van der Waals surface area contributed by atoms with Crippen molar-refractivity contribution in [1.29, 1.82) is 0 Å². The number of carbonyl (C=O) groups excluding carboxylic acids is 1. The number of aryl methyl sites for hydroxylation is 1. The maximum atomic E-state index is 11.1. The van der Waals surface area contributed by atoms with Gasteiger partial charge in [0.1, 0.15) is 5.03 Å². The van der Waals surface area contributed by atoms with Crippen molar-refractivity contribution in [3.8, 4) is 0 Å². The van der Waals surface area contributed by atoms with Crippen LogP contribution in [-0.4, -0.2) is 28.3 Å². The Bertz CT molecular complexity index is 373. The molecule has 0 spiro atoms. The molecule has 0 amide bonds. The zero-order valence-electron chi connectivity index (χ0n) is 9.19. The van der Waals surface area contributed by atoms with E-state index in [9.17, 15) is 4.79 Å². The molecule has 3 N–H and O–H groups in total. The number of nitrogens with zero attached hydrogens (tertiary/aromatic N) is 2. The fraction of sp³-hybridized carbons (Fsp3) is 0.444. The fourth-order valence-corrected chi connectivity index (χ4v) is 1.77. The summed E-state index contributed by atoms with van der Waals surface area (Å²) < 4.78 is 4.81. The Morgan fingerprint density at radius 2 is 2.38 bits per heavy atom. The molecule has 0 saturated carbocycles. The lowest BCUT2D eigenvalue weighted by atomic mass is 10.5. The first-order valence-corrected chi connectivity index (χ1v) is 5.75. The smallest absolute Gasteiger partial charge is 0.316 e. The van der Waals surface area contributed by atoms with Gasteiger partial charge in [0, 0.05) is 5.69 Å². The van der Waals surface area contributed by atoms with Crippen molar-refractivity contribution in [3.05, 3.63) is 11.8 Å². The van der Waals surface area contributed by atoms with Crippen LogP contribution in [0.4, 0.5) is 5.95 Å². The van der Waals surface area contributed by atoms with Crippen LogP contribution >= 0.6 is 11.8 Å². The monoisotopic (exact) mass is 242 g/mol. The van der Waals surface area contributed by atoms with Crippen LogP contribution in [0.3, 0.4) is 0 Å². The van der Waals surface area contributed by atoms with Crippen LogP contribution in [-0.2, 0) is 9.53 Å². The highest BCUT2D eigenvalue weighted by molar-refractivity contribution is 7.99.